The van der Waals surface area contributed by atoms with Crippen LogP contribution in [-0.4, -0.2) is 22.2 Å². The van der Waals surface area contributed by atoms with Crippen LogP contribution in [0.5, 0.6) is 0 Å². The van der Waals surface area contributed by atoms with Gasteiger partial charge in [0.15, 0.2) is 0 Å². The minimum absolute atomic E-state index is 0.0791. The van der Waals surface area contributed by atoms with Crippen LogP contribution in [0.25, 0.3) is 0 Å². The van der Waals surface area contributed by atoms with Gasteiger partial charge in [0, 0.05) is 0 Å². The first-order valence-electron chi connectivity index (χ1n) is 4.07. The molecule has 0 amide bonds. The van der Waals surface area contributed by atoms with Crippen molar-refractivity contribution in [2.75, 3.05) is 0 Å². The second-order valence-corrected chi connectivity index (χ2v) is 2.67. The van der Waals surface area contributed by atoms with Crippen LogP contribution < -0.4 is 0 Å². The summed E-state index contributed by atoms with van der Waals surface area (Å²) >= 11 is 0. The van der Waals surface area contributed by atoms with Crippen LogP contribution in [0.3, 0.4) is 0 Å². The summed E-state index contributed by atoms with van der Waals surface area (Å²) in [6, 6.07) is 1.65. The van der Waals surface area contributed by atoms with Gasteiger partial charge in [-0.25, -0.2) is 0 Å². The number of nitrogens with zero attached hydrogens (tertiary/aromatic N) is 1. The first-order chi connectivity index (χ1) is 6.57. The van der Waals surface area contributed by atoms with Gasteiger partial charge in [0.25, 0.3) is 0 Å². The fourth-order valence-corrected chi connectivity index (χ4v) is 0.808. The molecule has 5 nitrogen and oxygen atoms in total. The molecule has 0 aromatic carbocycles. The Morgan fingerprint density at radius 1 is 1.36 bits per heavy atom. The first kappa shape index (κ1) is 12.2. The Morgan fingerprint density at radius 3 is 2.43 bits per heavy atom. The maximum atomic E-state index is 10.4. The summed E-state index contributed by atoms with van der Waals surface area (Å²) < 4.78 is 0. The molecule has 0 aromatic heterocycles. The van der Waals surface area contributed by atoms with Gasteiger partial charge in [-0.15, -0.1) is 0 Å². The molecule has 0 rings (SSSR count). The molecule has 76 valence electrons. The highest BCUT2D eigenvalue weighted by Gasteiger charge is 2.14. The van der Waals surface area contributed by atoms with E-state index < -0.39 is 17.9 Å². The molecule has 0 saturated heterocycles. The molecule has 1 atom stereocenters. The Morgan fingerprint density at radius 2 is 2.00 bits per heavy atom. The fraction of sp³-hybridized carbons (Fsp3) is 0.444. The lowest BCUT2D eigenvalue weighted by Gasteiger charge is -1.98. The van der Waals surface area contributed by atoms with E-state index in [0.717, 1.165) is 0 Å². The summed E-state index contributed by atoms with van der Waals surface area (Å²) in [6.07, 6.45) is 3.55. The van der Waals surface area contributed by atoms with Crippen molar-refractivity contribution in [2.24, 2.45) is 5.92 Å². The lowest BCUT2D eigenvalue weighted by Crippen LogP contribution is -2.10. The minimum Gasteiger partial charge on any atom is -0.481 e. The molecule has 0 fully saturated rings. The van der Waals surface area contributed by atoms with Gasteiger partial charge in [-0.1, -0.05) is 12.2 Å². The summed E-state index contributed by atoms with van der Waals surface area (Å²) in [5.41, 5.74) is 0. The van der Waals surface area contributed by atoms with Crippen molar-refractivity contribution in [3.8, 4) is 6.07 Å². The molecule has 2 N–H and O–H groups in total. The van der Waals surface area contributed by atoms with Gasteiger partial charge in [-0.05, 0) is 12.8 Å². The Balaban J connectivity index is 3.73. The van der Waals surface area contributed by atoms with E-state index in [0.29, 0.717) is 6.42 Å². The van der Waals surface area contributed by atoms with Crippen LogP contribution in [0.1, 0.15) is 19.3 Å². The molecule has 0 aromatic rings. The zero-order valence-electron chi connectivity index (χ0n) is 7.51. The number of carboxylic acids is 2. The van der Waals surface area contributed by atoms with Crippen molar-refractivity contribution >= 4 is 11.9 Å². The lowest BCUT2D eigenvalue weighted by atomic mass is 10.1. The predicted octanol–water partition coefficient (Wildman–Crippen LogP) is 1.02. The van der Waals surface area contributed by atoms with Gasteiger partial charge in [-0.3, -0.25) is 9.59 Å². The van der Waals surface area contributed by atoms with Crippen LogP contribution >= 0.6 is 0 Å². The van der Waals surface area contributed by atoms with Gasteiger partial charge in [0.2, 0.25) is 0 Å². The summed E-state index contributed by atoms with van der Waals surface area (Å²) in [5, 5.41) is 25.1. The van der Waals surface area contributed by atoms with Gasteiger partial charge in [-0.2, -0.15) is 5.26 Å². The van der Waals surface area contributed by atoms with Gasteiger partial charge < -0.3 is 10.2 Å². The van der Waals surface area contributed by atoms with E-state index in [-0.39, 0.29) is 12.8 Å². The Bertz CT molecular complexity index is 277. The van der Waals surface area contributed by atoms with Crippen molar-refractivity contribution < 1.29 is 19.8 Å². The van der Waals surface area contributed by atoms with Crippen LogP contribution in [0.2, 0.25) is 0 Å². The standard InChI is InChI=1S/C9H11NO4/c10-6-7(9(13)14)4-2-1-3-5-8(11)12/h1,3,7H,2,4-5H2,(H,11,12)(H,13,14)/b3-1+. The highest BCUT2D eigenvalue weighted by Crippen LogP contribution is 2.06. The van der Waals surface area contributed by atoms with E-state index in [2.05, 4.69) is 0 Å². The summed E-state index contributed by atoms with van der Waals surface area (Å²) in [4.78, 5) is 20.4. The summed E-state index contributed by atoms with van der Waals surface area (Å²) in [7, 11) is 0. The average molecular weight is 197 g/mol. The largest absolute Gasteiger partial charge is 0.481 e. The monoisotopic (exact) mass is 197 g/mol. The smallest absolute Gasteiger partial charge is 0.320 e. The van der Waals surface area contributed by atoms with E-state index >= 15 is 0 Å². The Kier molecular flexibility index (Phi) is 5.79. The zero-order chi connectivity index (χ0) is 11.0. The lowest BCUT2D eigenvalue weighted by molar-refractivity contribution is -0.140. The van der Waals surface area contributed by atoms with E-state index in [1.165, 1.54) is 6.08 Å². The summed E-state index contributed by atoms with van der Waals surface area (Å²) in [5.74, 6) is -3.08. The second kappa shape index (κ2) is 6.66. The highest BCUT2D eigenvalue weighted by atomic mass is 16.4. The molecule has 0 aliphatic heterocycles. The number of nitriles is 1. The number of carboxylic acid groups (broad SMARTS) is 2. The zero-order valence-corrected chi connectivity index (χ0v) is 7.51. The van der Waals surface area contributed by atoms with Crippen LogP contribution in [-0.2, 0) is 9.59 Å². The number of hydrogen-bond acceptors (Lipinski definition) is 3. The number of carbonyl (C=O) groups is 2. The molecular formula is C9H11NO4. The average Bonchev–Trinajstić information content (AvgIpc) is 2.10. The molecule has 0 heterocycles. The van der Waals surface area contributed by atoms with E-state index in [1.807, 2.05) is 0 Å². The molecule has 0 aliphatic rings. The van der Waals surface area contributed by atoms with E-state index in [4.69, 9.17) is 15.5 Å². The molecule has 1 unspecified atom stereocenters. The minimum atomic E-state index is -1.14. The fourth-order valence-electron chi connectivity index (χ4n) is 0.808. The molecule has 0 aliphatic carbocycles. The van der Waals surface area contributed by atoms with Crippen molar-refractivity contribution in [3.63, 3.8) is 0 Å². The third-order valence-corrected chi connectivity index (χ3v) is 1.54. The van der Waals surface area contributed by atoms with Crippen molar-refractivity contribution in [2.45, 2.75) is 19.3 Å². The van der Waals surface area contributed by atoms with Gasteiger partial charge >= 0.3 is 11.9 Å². The maximum absolute atomic E-state index is 10.4. The van der Waals surface area contributed by atoms with Crippen LogP contribution in [0, 0.1) is 17.2 Å². The first-order valence-corrected chi connectivity index (χ1v) is 4.07. The number of hydrogen-bond donors (Lipinski definition) is 2. The molecule has 0 bridgehead atoms. The molecule has 5 heteroatoms. The SMILES string of the molecule is N#CC(CC/C=C/CC(=O)O)C(=O)O. The molecular weight excluding hydrogens is 186 g/mol. The summed E-state index contributed by atoms with van der Waals surface area (Å²) in [6.45, 7) is 0. The van der Waals surface area contributed by atoms with Crippen molar-refractivity contribution in [3.05, 3.63) is 12.2 Å². The third kappa shape index (κ3) is 5.77. The number of aliphatic carboxylic acids is 2. The number of rotatable bonds is 6. The third-order valence-electron chi connectivity index (χ3n) is 1.54. The topological polar surface area (TPSA) is 98.4 Å². The van der Waals surface area contributed by atoms with Gasteiger partial charge in [0.05, 0.1) is 12.5 Å². The van der Waals surface area contributed by atoms with E-state index in [9.17, 15) is 9.59 Å². The van der Waals surface area contributed by atoms with Gasteiger partial charge in [0.1, 0.15) is 5.92 Å². The van der Waals surface area contributed by atoms with Crippen molar-refractivity contribution in [1.82, 2.24) is 0 Å². The Hall–Kier alpha value is -1.83. The molecule has 14 heavy (non-hydrogen) atoms. The number of allylic oxidation sites excluding steroid dienone is 1. The highest BCUT2D eigenvalue weighted by molar-refractivity contribution is 5.72. The molecule has 0 spiro atoms. The maximum Gasteiger partial charge on any atom is 0.320 e. The van der Waals surface area contributed by atoms with Crippen LogP contribution in [0.4, 0.5) is 0 Å². The normalized spacial score (nSPS) is 12.2. The van der Waals surface area contributed by atoms with Crippen molar-refractivity contribution in [1.29, 1.82) is 5.26 Å². The van der Waals surface area contributed by atoms with Crippen LogP contribution in [0.15, 0.2) is 12.2 Å². The quantitative estimate of drug-likeness (QED) is 0.619. The Labute approximate surface area is 81.3 Å². The molecule has 0 radical (unpaired) electrons. The predicted molar refractivity (Wildman–Crippen MR) is 47.4 cm³/mol. The van der Waals surface area contributed by atoms with E-state index in [1.54, 1.807) is 12.1 Å². The molecule has 0 saturated carbocycles. The second-order valence-electron chi connectivity index (χ2n) is 2.67.